The molecule has 0 spiro atoms. The Labute approximate surface area is 298 Å². The van der Waals surface area contributed by atoms with Gasteiger partial charge in [0.05, 0.1) is 13.2 Å². The summed E-state index contributed by atoms with van der Waals surface area (Å²) >= 11 is 3.30. The van der Waals surface area contributed by atoms with E-state index in [4.69, 9.17) is 9.47 Å². The Balaban J connectivity index is 0.000000228. The third-order valence-corrected chi connectivity index (χ3v) is 9.45. The van der Waals surface area contributed by atoms with Crippen LogP contribution in [0.2, 0.25) is 0 Å². The average Bonchev–Trinajstić information content (AvgIpc) is 3.13. The predicted octanol–water partition coefficient (Wildman–Crippen LogP) is 13.1. The van der Waals surface area contributed by atoms with Gasteiger partial charge in [-0.15, -0.1) is 6.58 Å². The van der Waals surface area contributed by atoms with Gasteiger partial charge in [-0.2, -0.15) is 8.78 Å². The largest absolute Gasteiger partial charge is 0.491 e. The zero-order valence-electron chi connectivity index (χ0n) is 27.9. The summed E-state index contributed by atoms with van der Waals surface area (Å²) in [4.78, 5) is 0. The molecule has 1 fully saturated rings. The molecule has 0 radical (unpaired) electrons. The average molecular weight is 750 g/mol. The first-order valence-corrected chi connectivity index (χ1v) is 17.4. The molecule has 2 nitrogen and oxygen atoms in total. The fourth-order valence-electron chi connectivity index (χ4n) is 6.21. The molecule has 260 valence electrons. The van der Waals surface area contributed by atoms with Crippen molar-refractivity contribution in [2.75, 3.05) is 13.2 Å². The highest BCUT2D eigenvalue weighted by Crippen LogP contribution is 2.38. The summed E-state index contributed by atoms with van der Waals surface area (Å²) in [5, 5.41) is 0. The van der Waals surface area contributed by atoms with Crippen molar-refractivity contribution < 1.29 is 31.4 Å². The lowest BCUT2D eigenvalue weighted by molar-refractivity contribution is 0.314. The van der Waals surface area contributed by atoms with Gasteiger partial charge in [0.15, 0.2) is 23.1 Å². The molecule has 0 aliphatic heterocycles. The van der Waals surface area contributed by atoms with Gasteiger partial charge in [-0.1, -0.05) is 70.5 Å². The monoisotopic (exact) mass is 748 g/mol. The van der Waals surface area contributed by atoms with E-state index in [0.717, 1.165) is 35.7 Å². The molecule has 1 aliphatic carbocycles. The molecule has 0 saturated heterocycles. The van der Waals surface area contributed by atoms with Crippen LogP contribution >= 0.6 is 15.9 Å². The van der Waals surface area contributed by atoms with Crippen LogP contribution in [0.1, 0.15) is 51.0 Å². The maximum Gasteiger partial charge on any atom is 0.201 e. The van der Waals surface area contributed by atoms with Gasteiger partial charge < -0.3 is 9.47 Å². The van der Waals surface area contributed by atoms with E-state index >= 15 is 0 Å². The van der Waals surface area contributed by atoms with E-state index in [1.807, 2.05) is 18.2 Å². The van der Waals surface area contributed by atoms with Gasteiger partial charge in [0.1, 0.15) is 5.82 Å². The topological polar surface area (TPSA) is 18.5 Å². The van der Waals surface area contributed by atoms with E-state index in [1.165, 1.54) is 24.3 Å². The zero-order chi connectivity index (χ0) is 35.8. The third-order valence-electron chi connectivity index (χ3n) is 8.93. The zero-order valence-corrected chi connectivity index (χ0v) is 29.5. The van der Waals surface area contributed by atoms with Gasteiger partial charge >= 0.3 is 0 Å². The second kappa shape index (κ2) is 17.0. The maximum absolute atomic E-state index is 15.0. The molecule has 0 unspecified atom stereocenters. The van der Waals surface area contributed by atoms with E-state index in [0.29, 0.717) is 40.7 Å². The molecule has 0 aromatic heterocycles. The summed E-state index contributed by atoms with van der Waals surface area (Å²) in [6, 6.07) is 25.2. The van der Waals surface area contributed by atoms with Gasteiger partial charge in [-0.05, 0) is 116 Å². The van der Waals surface area contributed by atoms with Crippen LogP contribution in [0.3, 0.4) is 0 Å². The van der Waals surface area contributed by atoms with Crippen molar-refractivity contribution in [3.8, 4) is 44.9 Å². The van der Waals surface area contributed by atoms with Gasteiger partial charge in [-0.3, -0.25) is 0 Å². The summed E-state index contributed by atoms with van der Waals surface area (Å²) < 4.78 is 82.3. The fourth-order valence-corrected chi connectivity index (χ4v) is 6.47. The summed E-state index contributed by atoms with van der Waals surface area (Å²) in [7, 11) is 0. The molecule has 5 aromatic carbocycles. The smallest absolute Gasteiger partial charge is 0.201 e. The van der Waals surface area contributed by atoms with Crippen molar-refractivity contribution in [1.29, 1.82) is 0 Å². The molecule has 0 N–H and O–H groups in total. The summed E-state index contributed by atoms with van der Waals surface area (Å²) in [5.41, 5.74) is 3.74. The number of allylic oxidation sites excluding steroid dienone is 1. The van der Waals surface area contributed by atoms with E-state index in [2.05, 4.69) is 22.5 Å². The van der Waals surface area contributed by atoms with Crippen LogP contribution < -0.4 is 9.47 Å². The molecule has 8 heteroatoms. The predicted molar refractivity (Wildman–Crippen MR) is 194 cm³/mol. The molecular formula is C42H38BrF5O2. The fraction of sp³-hybridized carbons (Fsp3) is 0.238. The van der Waals surface area contributed by atoms with Crippen molar-refractivity contribution in [3.63, 3.8) is 0 Å². The van der Waals surface area contributed by atoms with Crippen LogP contribution in [-0.2, 0) is 0 Å². The first kappa shape index (κ1) is 36.8. The highest BCUT2D eigenvalue weighted by atomic mass is 79.9. The number of ether oxygens (including phenoxy) is 2. The Hall–Kier alpha value is -4.43. The quantitative estimate of drug-likeness (QED) is 0.110. The molecule has 1 aliphatic rings. The van der Waals surface area contributed by atoms with E-state index in [9.17, 15) is 22.0 Å². The molecular weight excluding hydrogens is 711 g/mol. The van der Waals surface area contributed by atoms with Crippen molar-refractivity contribution in [2.24, 2.45) is 5.92 Å². The first-order valence-electron chi connectivity index (χ1n) is 16.6. The maximum atomic E-state index is 15.0. The molecule has 0 heterocycles. The van der Waals surface area contributed by atoms with Gasteiger partial charge in [0.25, 0.3) is 0 Å². The number of rotatable bonds is 9. The minimum atomic E-state index is -1.00. The minimum Gasteiger partial charge on any atom is -0.491 e. The molecule has 5 aromatic rings. The normalized spacial score (nSPS) is 15.5. The van der Waals surface area contributed by atoms with Crippen molar-refractivity contribution in [1.82, 2.24) is 0 Å². The Morgan fingerprint density at radius 1 is 0.600 bits per heavy atom. The van der Waals surface area contributed by atoms with Crippen molar-refractivity contribution in [3.05, 3.63) is 143 Å². The van der Waals surface area contributed by atoms with Crippen LogP contribution in [-0.4, -0.2) is 13.2 Å². The SMILES string of the molecule is C=CC1CCC(c2ccc(-c3ccc(-c4ccc(OCC)c(F)c4F)cc3)c(F)c2)CC1.CCOc1ccc(-c2ccc(Br)cc2)c(F)c1F. The van der Waals surface area contributed by atoms with E-state index < -0.39 is 23.3 Å². The second-order valence-electron chi connectivity index (χ2n) is 12.0. The van der Waals surface area contributed by atoms with Crippen LogP contribution in [0.25, 0.3) is 33.4 Å². The van der Waals surface area contributed by atoms with Crippen LogP contribution in [0.15, 0.2) is 108 Å². The minimum absolute atomic E-state index is 0.0594. The van der Waals surface area contributed by atoms with Crippen LogP contribution in [0, 0.1) is 35.0 Å². The Morgan fingerprint density at radius 2 is 1.04 bits per heavy atom. The number of hydrogen-bond donors (Lipinski definition) is 0. The van der Waals surface area contributed by atoms with Crippen LogP contribution in [0.4, 0.5) is 22.0 Å². The highest BCUT2D eigenvalue weighted by molar-refractivity contribution is 9.10. The number of benzene rings is 5. The van der Waals surface area contributed by atoms with Crippen LogP contribution in [0.5, 0.6) is 11.5 Å². The molecule has 0 atom stereocenters. The second-order valence-corrected chi connectivity index (χ2v) is 12.9. The third kappa shape index (κ3) is 8.47. The summed E-state index contributed by atoms with van der Waals surface area (Å²) in [6.45, 7) is 7.87. The summed E-state index contributed by atoms with van der Waals surface area (Å²) in [6.07, 6.45) is 6.32. The number of hydrogen-bond acceptors (Lipinski definition) is 2. The standard InChI is InChI=1S/C28H27F3O.C14H11BrF2O/c1-3-18-5-7-19(8-6-18)22-13-14-23(25(29)17-22)20-9-11-21(12-10-20)24-15-16-26(32-4-2)28(31)27(24)30;1-2-18-12-8-7-11(13(16)14(12)17)9-3-5-10(15)6-4-9/h3,9-19H,1,4-8H2,2H3;3-8H,2H2,1H3. The van der Waals surface area contributed by atoms with Crippen molar-refractivity contribution >= 4 is 15.9 Å². The number of halogens is 6. The first-order chi connectivity index (χ1) is 24.1. The Kier molecular flexibility index (Phi) is 12.5. The lowest BCUT2D eigenvalue weighted by atomic mass is 9.78. The molecule has 1 saturated carbocycles. The van der Waals surface area contributed by atoms with Gasteiger partial charge in [0.2, 0.25) is 11.6 Å². The molecule has 6 rings (SSSR count). The molecule has 50 heavy (non-hydrogen) atoms. The van der Waals surface area contributed by atoms with Gasteiger partial charge in [0, 0.05) is 21.2 Å². The highest BCUT2D eigenvalue weighted by Gasteiger charge is 2.22. The Morgan fingerprint density at radius 3 is 1.48 bits per heavy atom. The van der Waals surface area contributed by atoms with E-state index in [-0.39, 0.29) is 35.1 Å². The van der Waals surface area contributed by atoms with E-state index in [1.54, 1.807) is 68.4 Å². The molecule has 0 bridgehead atoms. The van der Waals surface area contributed by atoms with Crippen molar-refractivity contribution in [2.45, 2.75) is 45.4 Å². The van der Waals surface area contributed by atoms with Gasteiger partial charge in [-0.25, -0.2) is 13.2 Å². The molecule has 0 amide bonds. The lowest BCUT2D eigenvalue weighted by Crippen LogP contribution is -2.11. The lowest BCUT2D eigenvalue weighted by Gasteiger charge is -2.27. The Bertz CT molecular complexity index is 1920. The summed E-state index contributed by atoms with van der Waals surface area (Å²) in [5.74, 6) is -3.26.